The molecule has 1 atom stereocenters. The standard InChI is InChI=1S/C43H52N8O5/c1-49(2)25-24-46-41(54)34-27-51-33-26-30(15-18-32(33)36(29-10-6-5-7-11-29)38(51)37-39(50(34)3)45-23-22-44-37)40(53)48-43(20-8-9-21-43)42(55)47-31-16-12-28(13-17-31)14-19-35(52)56-4/h12-19,22-23,26,29,34H,5-11,20-21,24-25,27H2,1-4H3,(H,46,54)(H,47,55)(H,48,53)/b19-14+. The fourth-order valence-corrected chi connectivity index (χ4v) is 8.58. The first-order valence-electron chi connectivity index (χ1n) is 19.7. The van der Waals surface area contributed by atoms with Gasteiger partial charge in [-0.05, 0) is 87.2 Å². The molecule has 3 N–H and O–H groups in total. The zero-order valence-corrected chi connectivity index (χ0v) is 32.8. The van der Waals surface area contributed by atoms with Gasteiger partial charge in [0.2, 0.25) is 11.8 Å². The number of rotatable bonds is 11. The first kappa shape index (κ1) is 38.7. The monoisotopic (exact) mass is 760 g/mol. The summed E-state index contributed by atoms with van der Waals surface area (Å²) in [5.74, 6) is -0.192. The summed E-state index contributed by atoms with van der Waals surface area (Å²) in [6, 6.07) is 12.4. The Balaban J connectivity index is 1.23. The van der Waals surface area contributed by atoms with Gasteiger partial charge < -0.3 is 35.1 Å². The lowest BCUT2D eigenvalue weighted by molar-refractivity contribution is -0.134. The molecule has 2 aromatic carbocycles. The highest BCUT2D eigenvalue weighted by Crippen LogP contribution is 2.47. The van der Waals surface area contributed by atoms with Crippen LogP contribution in [-0.2, 0) is 25.7 Å². The van der Waals surface area contributed by atoms with Gasteiger partial charge in [-0.2, -0.15) is 0 Å². The average Bonchev–Trinajstić information content (AvgIpc) is 3.79. The maximum Gasteiger partial charge on any atom is 0.330 e. The minimum Gasteiger partial charge on any atom is -0.466 e. The Morgan fingerprint density at radius 1 is 0.964 bits per heavy atom. The molecule has 13 nitrogen and oxygen atoms in total. The predicted octanol–water partition coefficient (Wildman–Crippen LogP) is 5.51. The molecule has 4 aromatic rings. The summed E-state index contributed by atoms with van der Waals surface area (Å²) >= 11 is 0. The number of likely N-dealkylation sites (N-methyl/N-ethyl adjacent to an activating group) is 2. The SMILES string of the molecule is COC(=O)/C=C/c1ccc(NC(=O)C2(NC(=O)c3ccc4c(C5CCCCC5)c5n(c4c3)CC(C(=O)NCCN(C)C)N(C)c3nccnc3-5)CCCC2)cc1. The number of nitrogens with one attached hydrogen (secondary N) is 3. The van der Waals surface area contributed by atoms with E-state index >= 15 is 0 Å². The molecule has 1 unspecified atom stereocenters. The minimum atomic E-state index is -1.08. The van der Waals surface area contributed by atoms with Gasteiger partial charge in [0.05, 0.1) is 19.3 Å². The first-order chi connectivity index (χ1) is 27.1. The number of hydrogen-bond donors (Lipinski definition) is 3. The van der Waals surface area contributed by atoms with Crippen molar-refractivity contribution in [3.8, 4) is 11.4 Å². The zero-order chi connectivity index (χ0) is 39.4. The molecule has 0 radical (unpaired) electrons. The van der Waals surface area contributed by atoms with E-state index in [0.29, 0.717) is 55.5 Å². The van der Waals surface area contributed by atoms with Crippen LogP contribution in [0.5, 0.6) is 0 Å². The molecule has 3 heterocycles. The Kier molecular flexibility index (Phi) is 11.5. The predicted molar refractivity (Wildman–Crippen MR) is 217 cm³/mol. The second kappa shape index (κ2) is 16.7. The molecule has 3 aliphatic rings. The Labute approximate surface area is 327 Å². The fourth-order valence-electron chi connectivity index (χ4n) is 8.58. The summed E-state index contributed by atoms with van der Waals surface area (Å²) < 4.78 is 6.85. The van der Waals surface area contributed by atoms with Gasteiger partial charge in [0, 0.05) is 60.8 Å². The molecule has 7 rings (SSSR count). The van der Waals surface area contributed by atoms with Crippen LogP contribution in [0.1, 0.15) is 85.2 Å². The highest BCUT2D eigenvalue weighted by molar-refractivity contribution is 6.06. The number of amides is 3. The second-order valence-electron chi connectivity index (χ2n) is 15.6. The number of carbonyl (C=O) groups excluding carboxylic acids is 4. The van der Waals surface area contributed by atoms with Crippen LogP contribution >= 0.6 is 0 Å². The number of anilines is 2. The van der Waals surface area contributed by atoms with E-state index in [9.17, 15) is 19.2 Å². The lowest BCUT2D eigenvalue weighted by Gasteiger charge is -2.29. The van der Waals surface area contributed by atoms with Crippen molar-refractivity contribution >= 4 is 52.2 Å². The lowest BCUT2D eigenvalue weighted by Crippen LogP contribution is -2.55. The molecule has 13 heteroatoms. The van der Waals surface area contributed by atoms with Crippen LogP contribution in [0.15, 0.2) is 60.9 Å². The molecule has 0 saturated heterocycles. The van der Waals surface area contributed by atoms with Gasteiger partial charge in [0.15, 0.2) is 5.82 Å². The number of nitrogens with zero attached hydrogens (tertiary/aromatic N) is 5. The molecule has 2 saturated carbocycles. The summed E-state index contributed by atoms with van der Waals surface area (Å²) in [6.45, 7) is 1.56. The number of fused-ring (bicyclic) bond motifs is 5. The van der Waals surface area contributed by atoms with Gasteiger partial charge in [-0.15, -0.1) is 0 Å². The number of methoxy groups -OCH3 is 1. The summed E-state index contributed by atoms with van der Waals surface area (Å²) in [7, 11) is 7.18. The molecular weight excluding hydrogens is 709 g/mol. The van der Waals surface area contributed by atoms with Crippen molar-refractivity contribution in [1.82, 2.24) is 30.1 Å². The Morgan fingerprint density at radius 2 is 1.70 bits per heavy atom. The van der Waals surface area contributed by atoms with Crippen molar-refractivity contribution in [2.75, 3.05) is 51.6 Å². The van der Waals surface area contributed by atoms with E-state index in [4.69, 9.17) is 9.97 Å². The molecule has 2 aromatic heterocycles. The summed E-state index contributed by atoms with van der Waals surface area (Å²) in [5.41, 5.74) is 4.49. The van der Waals surface area contributed by atoms with Crippen LogP contribution in [0, 0.1) is 0 Å². The van der Waals surface area contributed by atoms with Crippen LogP contribution in [0.4, 0.5) is 11.5 Å². The van der Waals surface area contributed by atoms with Crippen LogP contribution in [0.25, 0.3) is 28.4 Å². The molecule has 56 heavy (non-hydrogen) atoms. The zero-order valence-electron chi connectivity index (χ0n) is 32.8. The van der Waals surface area contributed by atoms with Gasteiger partial charge in [0.1, 0.15) is 17.3 Å². The molecular formula is C43H52N8O5. The van der Waals surface area contributed by atoms with E-state index in [-0.39, 0.29) is 17.7 Å². The van der Waals surface area contributed by atoms with E-state index in [1.807, 2.05) is 49.1 Å². The number of aromatic nitrogens is 3. The average molecular weight is 761 g/mol. The second-order valence-corrected chi connectivity index (χ2v) is 15.6. The topological polar surface area (TPSA) is 151 Å². The number of carbonyl (C=O) groups is 4. The third-order valence-electron chi connectivity index (χ3n) is 11.6. The molecule has 294 valence electrons. The van der Waals surface area contributed by atoms with Crippen molar-refractivity contribution in [2.24, 2.45) is 0 Å². The van der Waals surface area contributed by atoms with Crippen LogP contribution in [0.3, 0.4) is 0 Å². The molecule has 2 aliphatic carbocycles. The minimum absolute atomic E-state index is 0.102. The van der Waals surface area contributed by atoms with E-state index in [2.05, 4.69) is 25.3 Å². The maximum absolute atomic E-state index is 14.3. The van der Waals surface area contributed by atoms with Gasteiger partial charge in [-0.1, -0.05) is 50.3 Å². The highest BCUT2D eigenvalue weighted by Gasteiger charge is 2.43. The third-order valence-corrected chi connectivity index (χ3v) is 11.6. The quantitative estimate of drug-likeness (QED) is 0.133. The Hall–Kier alpha value is -5.56. The Morgan fingerprint density at radius 3 is 2.41 bits per heavy atom. The van der Waals surface area contributed by atoms with E-state index in [1.54, 1.807) is 42.7 Å². The van der Waals surface area contributed by atoms with Gasteiger partial charge in [-0.3, -0.25) is 14.4 Å². The molecule has 3 amide bonds. The Bertz CT molecular complexity index is 2130. The number of benzene rings is 2. The van der Waals surface area contributed by atoms with Crippen molar-refractivity contribution in [3.63, 3.8) is 0 Å². The van der Waals surface area contributed by atoms with E-state index in [0.717, 1.165) is 66.4 Å². The van der Waals surface area contributed by atoms with Crippen molar-refractivity contribution in [3.05, 3.63) is 77.6 Å². The van der Waals surface area contributed by atoms with Gasteiger partial charge in [0.25, 0.3) is 5.91 Å². The molecule has 1 aliphatic heterocycles. The smallest absolute Gasteiger partial charge is 0.330 e. The maximum atomic E-state index is 14.3. The van der Waals surface area contributed by atoms with E-state index < -0.39 is 17.6 Å². The number of ether oxygens (including phenoxy) is 1. The van der Waals surface area contributed by atoms with Crippen LogP contribution in [-0.4, -0.2) is 96.0 Å². The van der Waals surface area contributed by atoms with Crippen molar-refractivity contribution < 1.29 is 23.9 Å². The van der Waals surface area contributed by atoms with Crippen molar-refractivity contribution in [2.45, 2.75) is 81.8 Å². The van der Waals surface area contributed by atoms with Crippen LogP contribution < -0.4 is 20.9 Å². The third kappa shape index (κ3) is 7.90. The number of esters is 1. The normalized spacial score (nSPS) is 18.0. The summed E-state index contributed by atoms with van der Waals surface area (Å²) in [5, 5.41) is 10.4. The largest absolute Gasteiger partial charge is 0.466 e. The fraction of sp³-hybridized carbons (Fsp3) is 0.442. The van der Waals surface area contributed by atoms with Crippen molar-refractivity contribution in [1.29, 1.82) is 0 Å². The van der Waals surface area contributed by atoms with E-state index in [1.165, 1.54) is 25.2 Å². The van der Waals surface area contributed by atoms with Gasteiger partial charge >= 0.3 is 5.97 Å². The number of hydrogen-bond acceptors (Lipinski definition) is 9. The molecule has 2 fully saturated rings. The van der Waals surface area contributed by atoms with Gasteiger partial charge in [-0.25, -0.2) is 14.8 Å². The van der Waals surface area contributed by atoms with Crippen LogP contribution in [0.2, 0.25) is 0 Å². The summed E-state index contributed by atoms with van der Waals surface area (Å²) in [4.78, 5) is 67.3. The molecule has 0 spiro atoms. The lowest BCUT2D eigenvalue weighted by atomic mass is 9.82. The molecule has 0 bridgehead atoms. The first-order valence-corrected chi connectivity index (χ1v) is 19.7. The highest BCUT2D eigenvalue weighted by atomic mass is 16.5. The summed E-state index contributed by atoms with van der Waals surface area (Å²) in [6.07, 6.45) is 14.6.